The van der Waals surface area contributed by atoms with Crippen LogP contribution in [0.5, 0.6) is 0 Å². The number of H-pyrrole nitrogens is 1. The molecule has 0 saturated carbocycles. The number of nitrogens with zero attached hydrogens (tertiary/aromatic N) is 2. The molecule has 2 N–H and O–H groups in total. The summed E-state index contributed by atoms with van der Waals surface area (Å²) in [5, 5.41) is 5.78. The fourth-order valence-electron chi connectivity index (χ4n) is 2.28. The zero-order valence-electron chi connectivity index (χ0n) is 11.7. The Balaban J connectivity index is 1.67. The lowest BCUT2D eigenvalue weighted by molar-refractivity contribution is 0.509. The van der Waals surface area contributed by atoms with Gasteiger partial charge in [0, 0.05) is 28.9 Å². The lowest BCUT2D eigenvalue weighted by Gasteiger charge is -2.02. The van der Waals surface area contributed by atoms with Crippen LogP contribution in [0, 0.1) is 11.6 Å². The minimum atomic E-state index is -0.905. The second-order valence-electron chi connectivity index (χ2n) is 4.91. The van der Waals surface area contributed by atoms with Gasteiger partial charge in [0.1, 0.15) is 5.01 Å². The van der Waals surface area contributed by atoms with E-state index in [4.69, 9.17) is 0 Å². The molecule has 0 amide bonds. The number of hydrogen-bond acceptors (Lipinski definition) is 4. The molecule has 0 radical (unpaired) electrons. The van der Waals surface area contributed by atoms with Gasteiger partial charge in [-0.25, -0.2) is 18.7 Å². The molecular weight excluding hydrogens is 318 g/mol. The van der Waals surface area contributed by atoms with Crippen molar-refractivity contribution in [3.05, 3.63) is 59.6 Å². The number of hydrogen-bond donors (Lipinski definition) is 2. The topological polar surface area (TPSA) is 53.6 Å². The van der Waals surface area contributed by atoms with Crippen LogP contribution >= 0.6 is 11.3 Å². The van der Waals surface area contributed by atoms with E-state index in [1.807, 2.05) is 23.6 Å². The van der Waals surface area contributed by atoms with Crippen LogP contribution in [-0.2, 0) is 0 Å². The number of anilines is 2. The molecule has 7 heteroatoms. The average Bonchev–Trinajstić information content (AvgIpc) is 3.19. The highest BCUT2D eigenvalue weighted by atomic mass is 32.1. The first-order valence-electron chi connectivity index (χ1n) is 6.81. The van der Waals surface area contributed by atoms with E-state index in [1.165, 1.54) is 6.07 Å². The Morgan fingerprint density at radius 3 is 2.74 bits per heavy atom. The highest BCUT2D eigenvalue weighted by Crippen LogP contribution is 2.26. The van der Waals surface area contributed by atoms with Gasteiger partial charge in [0.25, 0.3) is 0 Å². The first kappa shape index (κ1) is 13.8. The molecule has 2 aromatic carbocycles. The van der Waals surface area contributed by atoms with E-state index in [-0.39, 0.29) is 0 Å². The molecule has 0 atom stereocenters. The molecule has 2 aromatic heterocycles. The second kappa shape index (κ2) is 5.44. The zero-order valence-corrected chi connectivity index (χ0v) is 12.5. The SMILES string of the molecule is Fc1ccc(Nc2nc3ccc(-c4nccs4)cc3[nH]2)cc1F. The molecule has 2 heterocycles. The summed E-state index contributed by atoms with van der Waals surface area (Å²) in [4.78, 5) is 11.8. The normalized spacial score (nSPS) is 11.0. The van der Waals surface area contributed by atoms with Crippen molar-refractivity contribution in [1.29, 1.82) is 0 Å². The van der Waals surface area contributed by atoms with Gasteiger partial charge in [0.15, 0.2) is 11.6 Å². The lowest BCUT2D eigenvalue weighted by atomic mass is 10.2. The first-order valence-corrected chi connectivity index (χ1v) is 7.69. The average molecular weight is 328 g/mol. The molecule has 0 aliphatic rings. The number of fused-ring (bicyclic) bond motifs is 1. The number of rotatable bonds is 3. The molecule has 0 unspecified atom stereocenters. The van der Waals surface area contributed by atoms with Gasteiger partial charge in [0.2, 0.25) is 5.95 Å². The van der Waals surface area contributed by atoms with Crippen LogP contribution < -0.4 is 5.32 Å². The Labute approximate surface area is 133 Å². The van der Waals surface area contributed by atoms with Crippen molar-refractivity contribution < 1.29 is 8.78 Å². The van der Waals surface area contributed by atoms with Crippen molar-refractivity contribution in [2.75, 3.05) is 5.32 Å². The van der Waals surface area contributed by atoms with Crippen molar-refractivity contribution in [3.63, 3.8) is 0 Å². The third-order valence-electron chi connectivity index (χ3n) is 3.34. The molecule has 0 aliphatic carbocycles. The number of nitrogens with one attached hydrogen (secondary N) is 2. The molecule has 0 aliphatic heterocycles. The summed E-state index contributed by atoms with van der Waals surface area (Å²) in [5.41, 5.74) is 3.02. The summed E-state index contributed by atoms with van der Waals surface area (Å²) < 4.78 is 26.2. The van der Waals surface area contributed by atoms with E-state index < -0.39 is 11.6 Å². The standard InChI is InChI=1S/C16H10F2N4S/c17-11-3-2-10(8-12(11)18)20-16-21-13-4-1-9(7-14(13)22-16)15-19-5-6-23-15/h1-8H,(H2,20,21,22). The van der Waals surface area contributed by atoms with Crippen molar-refractivity contribution in [2.45, 2.75) is 0 Å². The highest BCUT2D eigenvalue weighted by Gasteiger charge is 2.08. The van der Waals surface area contributed by atoms with E-state index in [0.29, 0.717) is 11.6 Å². The molecule has 0 fully saturated rings. The van der Waals surface area contributed by atoms with Gasteiger partial charge in [-0.3, -0.25) is 0 Å². The Bertz CT molecular complexity index is 979. The van der Waals surface area contributed by atoms with Crippen molar-refractivity contribution >= 4 is 34.0 Å². The van der Waals surface area contributed by atoms with Crippen LogP contribution in [0.25, 0.3) is 21.6 Å². The van der Waals surface area contributed by atoms with Gasteiger partial charge >= 0.3 is 0 Å². The second-order valence-corrected chi connectivity index (χ2v) is 5.80. The highest BCUT2D eigenvalue weighted by molar-refractivity contribution is 7.13. The summed E-state index contributed by atoms with van der Waals surface area (Å²) in [6.45, 7) is 0. The van der Waals surface area contributed by atoms with E-state index in [2.05, 4.69) is 20.3 Å². The largest absolute Gasteiger partial charge is 0.326 e. The quantitative estimate of drug-likeness (QED) is 0.573. The number of aromatic amines is 1. The maximum Gasteiger partial charge on any atom is 0.205 e. The van der Waals surface area contributed by atoms with E-state index >= 15 is 0 Å². The van der Waals surface area contributed by atoms with E-state index in [1.54, 1.807) is 17.5 Å². The fraction of sp³-hybridized carbons (Fsp3) is 0. The summed E-state index contributed by atoms with van der Waals surface area (Å²) in [6, 6.07) is 9.40. The molecule has 4 rings (SSSR count). The van der Waals surface area contributed by atoms with Gasteiger partial charge < -0.3 is 10.3 Å². The molecule has 114 valence electrons. The van der Waals surface area contributed by atoms with Crippen LogP contribution in [0.4, 0.5) is 20.4 Å². The van der Waals surface area contributed by atoms with Crippen LogP contribution in [0.2, 0.25) is 0 Å². The third kappa shape index (κ3) is 2.66. The summed E-state index contributed by atoms with van der Waals surface area (Å²) >= 11 is 1.56. The number of aromatic nitrogens is 3. The van der Waals surface area contributed by atoms with Gasteiger partial charge in [0.05, 0.1) is 11.0 Å². The Morgan fingerprint density at radius 1 is 1.04 bits per heavy atom. The number of halogens is 2. The van der Waals surface area contributed by atoms with Crippen LogP contribution in [0.3, 0.4) is 0 Å². The summed E-state index contributed by atoms with van der Waals surface area (Å²) in [7, 11) is 0. The van der Waals surface area contributed by atoms with Crippen molar-refractivity contribution in [3.8, 4) is 10.6 Å². The molecule has 0 saturated heterocycles. The maximum atomic E-state index is 13.2. The number of benzene rings is 2. The minimum Gasteiger partial charge on any atom is -0.326 e. The van der Waals surface area contributed by atoms with Gasteiger partial charge in [-0.2, -0.15) is 0 Å². The van der Waals surface area contributed by atoms with Crippen molar-refractivity contribution in [1.82, 2.24) is 15.0 Å². The summed E-state index contributed by atoms with van der Waals surface area (Å²) in [5.74, 6) is -1.33. The monoisotopic (exact) mass is 328 g/mol. The molecule has 4 aromatic rings. The van der Waals surface area contributed by atoms with Gasteiger partial charge in [-0.1, -0.05) is 0 Å². The van der Waals surface area contributed by atoms with E-state index in [0.717, 1.165) is 33.7 Å². The predicted molar refractivity (Wildman–Crippen MR) is 86.8 cm³/mol. The first-order chi connectivity index (χ1) is 11.2. The lowest BCUT2D eigenvalue weighted by Crippen LogP contribution is -1.94. The number of imidazole rings is 1. The third-order valence-corrected chi connectivity index (χ3v) is 4.17. The fourth-order valence-corrected chi connectivity index (χ4v) is 2.91. The smallest absolute Gasteiger partial charge is 0.205 e. The molecule has 4 nitrogen and oxygen atoms in total. The van der Waals surface area contributed by atoms with Crippen molar-refractivity contribution in [2.24, 2.45) is 0 Å². The molecule has 23 heavy (non-hydrogen) atoms. The summed E-state index contributed by atoms with van der Waals surface area (Å²) in [6.07, 6.45) is 1.76. The predicted octanol–water partition coefficient (Wildman–Crippen LogP) is 4.71. The Morgan fingerprint density at radius 2 is 1.96 bits per heavy atom. The van der Waals surface area contributed by atoms with Gasteiger partial charge in [-0.05, 0) is 30.3 Å². The Kier molecular flexibility index (Phi) is 3.27. The van der Waals surface area contributed by atoms with Crippen LogP contribution in [-0.4, -0.2) is 15.0 Å². The zero-order chi connectivity index (χ0) is 15.8. The van der Waals surface area contributed by atoms with E-state index in [9.17, 15) is 8.78 Å². The van der Waals surface area contributed by atoms with Crippen LogP contribution in [0.1, 0.15) is 0 Å². The molecule has 0 bridgehead atoms. The van der Waals surface area contributed by atoms with Gasteiger partial charge in [-0.15, -0.1) is 11.3 Å². The Hall–Kier alpha value is -2.80. The molecule has 0 spiro atoms. The molecular formula is C16H10F2N4S. The maximum absolute atomic E-state index is 13.2. The van der Waals surface area contributed by atoms with Crippen LogP contribution in [0.15, 0.2) is 48.0 Å². The minimum absolute atomic E-state index is 0.420. The number of thiazole rings is 1.